The van der Waals surface area contributed by atoms with Crippen molar-refractivity contribution in [2.75, 3.05) is 17.7 Å². The van der Waals surface area contributed by atoms with E-state index in [4.69, 9.17) is 16.3 Å². The Hall–Kier alpha value is -3.38. The monoisotopic (exact) mass is 381 g/mol. The predicted octanol–water partition coefficient (Wildman–Crippen LogP) is 4.25. The zero-order valence-corrected chi connectivity index (χ0v) is 15.2. The van der Waals surface area contributed by atoms with E-state index in [9.17, 15) is 9.59 Å². The Kier molecular flexibility index (Phi) is 5.68. The molecule has 0 bridgehead atoms. The van der Waals surface area contributed by atoms with E-state index >= 15 is 0 Å². The number of aromatic nitrogens is 1. The summed E-state index contributed by atoms with van der Waals surface area (Å²) in [4.78, 5) is 28.7. The number of halogens is 1. The molecule has 0 aliphatic rings. The lowest BCUT2D eigenvalue weighted by molar-refractivity contribution is 0.101. The Morgan fingerprint density at radius 1 is 0.963 bits per heavy atom. The van der Waals surface area contributed by atoms with Crippen LogP contribution in [0, 0.1) is 0 Å². The highest BCUT2D eigenvalue weighted by atomic mass is 35.5. The number of nitrogens with one attached hydrogen (secondary N) is 2. The first-order valence-electron chi connectivity index (χ1n) is 8.03. The van der Waals surface area contributed by atoms with Gasteiger partial charge in [0.2, 0.25) is 0 Å². The number of methoxy groups -OCH3 is 1. The number of ether oxygens (including phenoxy) is 1. The van der Waals surface area contributed by atoms with Gasteiger partial charge in [0.05, 0.1) is 18.2 Å². The number of nitrogens with zero attached hydrogens (tertiary/aromatic N) is 1. The summed E-state index contributed by atoms with van der Waals surface area (Å²) in [5, 5.41) is 5.97. The van der Waals surface area contributed by atoms with E-state index in [1.165, 1.54) is 19.4 Å². The second-order valence-corrected chi connectivity index (χ2v) is 6.01. The summed E-state index contributed by atoms with van der Waals surface area (Å²) < 4.78 is 5.20. The maximum absolute atomic E-state index is 12.6. The van der Waals surface area contributed by atoms with Crippen LogP contribution < -0.4 is 15.4 Å². The smallest absolute Gasteiger partial charge is 0.259 e. The van der Waals surface area contributed by atoms with Crippen LogP contribution in [0.3, 0.4) is 0 Å². The van der Waals surface area contributed by atoms with E-state index in [0.29, 0.717) is 33.3 Å². The molecule has 0 saturated carbocycles. The van der Waals surface area contributed by atoms with Crippen molar-refractivity contribution in [1.82, 2.24) is 4.98 Å². The van der Waals surface area contributed by atoms with Crippen molar-refractivity contribution in [1.29, 1.82) is 0 Å². The zero-order valence-electron chi connectivity index (χ0n) is 14.4. The third kappa shape index (κ3) is 4.62. The zero-order chi connectivity index (χ0) is 19.2. The lowest BCUT2D eigenvalue weighted by Crippen LogP contribution is -2.14. The van der Waals surface area contributed by atoms with Crippen LogP contribution in [0.25, 0.3) is 0 Å². The minimum Gasteiger partial charge on any atom is -0.496 e. The summed E-state index contributed by atoms with van der Waals surface area (Å²) in [6.45, 7) is 0. The lowest BCUT2D eigenvalue weighted by Gasteiger charge is -2.11. The highest BCUT2D eigenvalue weighted by Gasteiger charge is 2.14. The number of amides is 2. The fraction of sp³-hybridized carbons (Fsp3) is 0.0500. The number of rotatable bonds is 5. The van der Waals surface area contributed by atoms with Crippen LogP contribution in [0.1, 0.15) is 20.7 Å². The average molecular weight is 382 g/mol. The summed E-state index contributed by atoms with van der Waals surface area (Å²) in [5.74, 6) is -0.244. The van der Waals surface area contributed by atoms with Crippen molar-refractivity contribution in [3.05, 3.63) is 83.1 Å². The van der Waals surface area contributed by atoms with Crippen LogP contribution in [0.5, 0.6) is 5.75 Å². The van der Waals surface area contributed by atoms with Gasteiger partial charge in [0.1, 0.15) is 5.75 Å². The van der Waals surface area contributed by atoms with Crippen LogP contribution in [-0.4, -0.2) is 23.9 Å². The van der Waals surface area contributed by atoms with E-state index in [2.05, 4.69) is 15.6 Å². The summed E-state index contributed by atoms with van der Waals surface area (Å²) in [6.07, 6.45) is 3.07. The summed E-state index contributed by atoms with van der Waals surface area (Å²) in [7, 11) is 1.48. The maximum Gasteiger partial charge on any atom is 0.259 e. The third-order valence-electron chi connectivity index (χ3n) is 3.71. The molecule has 0 saturated heterocycles. The van der Waals surface area contributed by atoms with Gasteiger partial charge in [-0.1, -0.05) is 17.7 Å². The molecule has 27 heavy (non-hydrogen) atoms. The number of benzene rings is 2. The minimum absolute atomic E-state index is 0.289. The number of anilines is 2. The van der Waals surface area contributed by atoms with Crippen molar-refractivity contribution in [2.24, 2.45) is 0 Å². The topological polar surface area (TPSA) is 80.3 Å². The van der Waals surface area contributed by atoms with Gasteiger partial charge in [0.15, 0.2) is 0 Å². The van der Waals surface area contributed by atoms with Crippen molar-refractivity contribution < 1.29 is 14.3 Å². The molecule has 1 heterocycles. The molecule has 2 N–H and O–H groups in total. The number of carbonyl (C=O) groups is 2. The van der Waals surface area contributed by atoms with Crippen LogP contribution in [-0.2, 0) is 0 Å². The van der Waals surface area contributed by atoms with Gasteiger partial charge in [0, 0.05) is 28.8 Å². The molecule has 7 heteroatoms. The Bertz CT molecular complexity index is 977. The van der Waals surface area contributed by atoms with Crippen LogP contribution in [0.4, 0.5) is 11.4 Å². The first-order chi connectivity index (χ1) is 13.1. The van der Waals surface area contributed by atoms with Gasteiger partial charge in [-0.3, -0.25) is 14.6 Å². The van der Waals surface area contributed by atoms with Gasteiger partial charge in [-0.05, 0) is 48.5 Å². The molecule has 0 spiro atoms. The van der Waals surface area contributed by atoms with Crippen molar-refractivity contribution in [2.45, 2.75) is 0 Å². The first kappa shape index (κ1) is 18.4. The molecule has 0 radical (unpaired) electrons. The molecule has 2 aromatic carbocycles. The SMILES string of the molecule is COc1ccc(Cl)cc1C(=O)Nc1cccc(NC(=O)c2cccnc2)c1. The largest absolute Gasteiger partial charge is 0.496 e. The van der Waals surface area contributed by atoms with E-state index < -0.39 is 0 Å². The first-order valence-corrected chi connectivity index (χ1v) is 8.41. The molecule has 136 valence electrons. The fourth-order valence-corrected chi connectivity index (χ4v) is 2.60. The minimum atomic E-state index is -0.370. The lowest BCUT2D eigenvalue weighted by atomic mass is 10.1. The number of hydrogen-bond acceptors (Lipinski definition) is 4. The predicted molar refractivity (Wildman–Crippen MR) is 105 cm³/mol. The van der Waals surface area contributed by atoms with Gasteiger partial charge < -0.3 is 15.4 Å². The highest BCUT2D eigenvalue weighted by molar-refractivity contribution is 6.31. The standard InChI is InChI=1S/C20H16ClN3O3/c1-27-18-8-7-14(21)10-17(18)20(26)24-16-6-2-5-15(11-16)23-19(25)13-4-3-9-22-12-13/h2-12H,1H3,(H,23,25)(H,24,26). The van der Waals surface area contributed by atoms with Crippen molar-refractivity contribution >= 4 is 34.8 Å². The Morgan fingerprint density at radius 2 is 1.70 bits per heavy atom. The molecule has 0 atom stereocenters. The quantitative estimate of drug-likeness (QED) is 0.692. The molecule has 6 nitrogen and oxygen atoms in total. The van der Waals surface area contributed by atoms with E-state index in [-0.39, 0.29) is 11.8 Å². The molecule has 0 unspecified atom stereocenters. The number of hydrogen-bond donors (Lipinski definition) is 2. The summed E-state index contributed by atoms with van der Waals surface area (Å²) in [5.41, 5.74) is 1.82. The van der Waals surface area contributed by atoms with Crippen LogP contribution in [0.15, 0.2) is 67.0 Å². The summed E-state index contributed by atoms with van der Waals surface area (Å²) >= 11 is 5.97. The molecular formula is C20H16ClN3O3. The van der Waals surface area contributed by atoms with Gasteiger partial charge in [-0.2, -0.15) is 0 Å². The van der Waals surface area contributed by atoms with E-state index in [0.717, 1.165) is 0 Å². The Labute approximate surface area is 161 Å². The normalized spacial score (nSPS) is 10.1. The molecule has 0 fully saturated rings. The second-order valence-electron chi connectivity index (χ2n) is 5.58. The molecule has 3 rings (SSSR count). The Morgan fingerprint density at radius 3 is 2.37 bits per heavy atom. The fourth-order valence-electron chi connectivity index (χ4n) is 2.43. The van der Waals surface area contributed by atoms with Gasteiger partial charge in [-0.15, -0.1) is 0 Å². The molecule has 0 aliphatic carbocycles. The summed E-state index contributed by atoms with van der Waals surface area (Å²) in [6, 6.07) is 15.0. The van der Waals surface area contributed by atoms with E-state index in [1.54, 1.807) is 54.7 Å². The molecule has 3 aromatic rings. The molecular weight excluding hydrogens is 366 g/mol. The van der Waals surface area contributed by atoms with Crippen LogP contribution >= 0.6 is 11.6 Å². The van der Waals surface area contributed by atoms with Crippen molar-refractivity contribution in [3.8, 4) is 5.75 Å². The molecule has 1 aromatic heterocycles. The second kappa shape index (κ2) is 8.33. The third-order valence-corrected chi connectivity index (χ3v) is 3.94. The number of carbonyl (C=O) groups excluding carboxylic acids is 2. The maximum atomic E-state index is 12.6. The van der Waals surface area contributed by atoms with Crippen molar-refractivity contribution in [3.63, 3.8) is 0 Å². The number of pyridine rings is 1. The van der Waals surface area contributed by atoms with Gasteiger partial charge in [-0.25, -0.2) is 0 Å². The van der Waals surface area contributed by atoms with Gasteiger partial charge >= 0.3 is 0 Å². The highest BCUT2D eigenvalue weighted by Crippen LogP contribution is 2.24. The van der Waals surface area contributed by atoms with Gasteiger partial charge in [0.25, 0.3) is 11.8 Å². The van der Waals surface area contributed by atoms with E-state index in [1.807, 2.05) is 0 Å². The Balaban J connectivity index is 1.75. The average Bonchev–Trinajstić information content (AvgIpc) is 2.69. The molecule has 0 aliphatic heterocycles. The van der Waals surface area contributed by atoms with Crippen LogP contribution in [0.2, 0.25) is 5.02 Å². The molecule has 2 amide bonds.